The predicted molar refractivity (Wildman–Crippen MR) is 207 cm³/mol. The van der Waals surface area contributed by atoms with Crippen LogP contribution in [0.1, 0.15) is 0 Å². The fraction of sp³-hybridized carbons (Fsp3) is 0. The number of aromatic nitrogens is 5. The molecule has 5 heteroatoms. The van der Waals surface area contributed by atoms with Crippen molar-refractivity contribution in [2.45, 2.75) is 0 Å². The normalized spacial score (nSPS) is 11.5. The molecule has 0 fully saturated rings. The Bertz CT molecular complexity index is 2790. The van der Waals surface area contributed by atoms with E-state index in [2.05, 4.69) is 114 Å². The molecule has 0 N–H and O–H groups in total. The molecular weight excluding hydrogens is 623 g/mol. The highest BCUT2D eigenvalue weighted by molar-refractivity contribution is 6.14. The first-order valence-electron chi connectivity index (χ1n) is 17.1. The summed E-state index contributed by atoms with van der Waals surface area (Å²) in [5.74, 6) is 1.94. The van der Waals surface area contributed by atoms with Crippen LogP contribution in [-0.2, 0) is 0 Å². The summed E-state index contributed by atoms with van der Waals surface area (Å²) in [6.45, 7) is 0. The molecule has 0 bridgehead atoms. The van der Waals surface area contributed by atoms with Crippen molar-refractivity contribution in [3.05, 3.63) is 176 Å². The van der Waals surface area contributed by atoms with Crippen molar-refractivity contribution in [2.24, 2.45) is 0 Å². The maximum Gasteiger partial charge on any atom is 0.164 e. The Kier molecular flexibility index (Phi) is 6.74. The molecule has 0 aliphatic rings. The van der Waals surface area contributed by atoms with Crippen LogP contribution in [0.15, 0.2) is 176 Å². The number of imidazole rings is 1. The maximum absolute atomic E-state index is 5.04. The molecule has 0 aliphatic heterocycles. The van der Waals surface area contributed by atoms with Crippen LogP contribution in [0.3, 0.4) is 0 Å². The zero-order valence-electron chi connectivity index (χ0n) is 27.5. The molecule has 238 valence electrons. The summed E-state index contributed by atoms with van der Waals surface area (Å²) in [6.07, 6.45) is 0. The predicted octanol–water partition coefficient (Wildman–Crippen LogP) is 11.3. The Balaban J connectivity index is 1.05. The highest BCUT2D eigenvalue weighted by Crippen LogP contribution is 2.39. The largest absolute Gasteiger partial charge is 0.292 e. The lowest BCUT2D eigenvalue weighted by atomic mass is 9.96. The first kappa shape index (κ1) is 29.0. The van der Waals surface area contributed by atoms with Gasteiger partial charge in [0.1, 0.15) is 5.65 Å². The average Bonchev–Trinajstić information content (AvgIpc) is 3.77. The summed E-state index contributed by atoms with van der Waals surface area (Å²) in [5, 5.41) is 2.43. The number of hydrogen-bond acceptors (Lipinski definition) is 4. The lowest BCUT2D eigenvalue weighted by Crippen LogP contribution is -2.00. The van der Waals surface area contributed by atoms with E-state index < -0.39 is 0 Å². The van der Waals surface area contributed by atoms with Crippen molar-refractivity contribution in [3.63, 3.8) is 0 Å². The number of pyridine rings is 1. The molecule has 0 spiro atoms. The summed E-state index contributed by atoms with van der Waals surface area (Å²) in [5.41, 5.74) is 12.8. The van der Waals surface area contributed by atoms with Crippen LogP contribution in [0.25, 0.3) is 95.1 Å². The number of rotatable bonds is 6. The lowest BCUT2D eigenvalue weighted by molar-refractivity contribution is 1.07. The third-order valence-corrected chi connectivity index (χ3v) is 9.59. The molecule has 0 aliphatic carbocycles. The Labute approximate surface area is 294 Å². The van der Waals surface area contributed by atoms with Crippen LogP contribution in [0.5, 0.6) is 0 Å². The highest BCUT2D eigenvalue weighted by Gasteiger charge is 2.19. The average molecular weight is 652 g/mol. The SMILES string of the molecule is c1ccc(-c2nc(-c3ccccc3)nc(-c3cccc(-c4cccc(-c5ccc6c(c5)c5cccc7nc(-c8ccccc8)c6n75)c4)c3)n2)cc1. The summed E-state index contributed by atoms with van der Waals surface area (Å²) in [7, 11) is 0. The van der Waals surface area contributed by atoms with Crippen LogP contribution in [0.4, 0.5) is 0 Å². The van der Waals surface area contributed by atoms with Crippen molar-refractivity contribution in [3.8, 4) is 67.7 Å². The smallest absolute Gasteiger partial charge is 0.164 e. The van der Waals surface area contributed by atoms with E-state index in [1.54, 1.807) is 0 Å². The third kappa shape index (κ3) is 5.03. The second kappa shape index (κ2) is 11.9. The van der Waals surface area contributed by atoms with Crippen LogP contribution < -0.4 is 0 Å². The van der Waals surface area contributed by atoms with Gasteiger partial charge in [-0.05, 0) is 52.6 Å². The van der Waals surface area contributed by atoms with E-state index in [1.807, 2.05) is 66.7 Å². The van der Waals surface area contributed by atoms with Crippen molar-refractivity contribution in [1.29, 1.82) is 0 Å². The topological polar surface area (TPSA) is 56.0 Å². The summed E-state index contributed by atoms with van der Waals surface area (Å²) in [4.78, 5) is 19.8. The second-order valence-electron chi connectivity index (χ2n) is 12.7. The van der Waals surface area contributed by atoms with E-state index in [0.29, 0.717) is 17.5 Å². The Hall–Kier alpha value is -6.98. The highest BCUT2D eigenvalue weighted by atomic mass is 15.0. The zero-order chi connectivity index (χ0) is 33.7. The second-order valence-corrected chi connectivity index (χ2v) is 12.7. The molecule has 0 radical (unpaired) electrons. The van der Waals surface area contributed by atoms with Gasteiger partial charge < -0.3 is 0 Å². The standard InChI is InChI=1S/C46H29N5/c1-4-13-30(14-5-1)42-43-38-26-25-36(29-39(38)40-23-12-24-41(47-42)51(40)43)34-20-10-19-33(27-34)35-21-11-22-37(28-35)46-49-44(31-15-6-2-7-16-31)48-45(50-46)32-17-8-3-9-18-32/h1-29H. The zero-order valence-corrected chi connectivity index (χ0v) is 27.5. The van der Waals surface area contributed by atoms with Gasteiger partial charge in [0.25, 0.3) is 0 Å². The van der Waals surface area contributed by atoms with Crippen LogP contribution in [-0.4, -0.2) is 24.3 Å². The minimum Gasteiger partial charge on any atom is -0.292 e. The van der Waals surface area contributed by atoms with Crippen LogP contribution in [0, 0.1) is 0 Å². The summed E-state index contributed by atoms with van der Waals surface area (Å²) >= 11 is 0. The first-order chi connectivity index (χ1) is 25.3. The van der Waals surface area contributed by atoms with E-state index >= 15 is 0 Å². The van der Waals surface area contributed by atoms with Gasteiger partial charge >= 0.3 is 0 Å². The van der Waals surface area contributed by atoms with E-state index in [0.717, 1.165) is 55.8 Å². The van der Waals surface area contributed by atoms with Gasteiger partial charge in [0.2, 0.25) is 0 Å². The molecule has 10 rings (SSSR count). The quantitative estimate of drug-likeness (QED) is 0.180. The Morgan fingerprint density at radius 2 is 0.784 bits per heavy atom. The molecule has 10 aromatic rings. The fourth-order valence-corrected chi connectivity index (χ4v) is 7.15. The van der Waals surface area contributed by atoms with Gasteiger partial charge in [-0.2, -0.15) is 0 Å². The van der Waals surface area contributed by atoms with Crippen LogP contribution >= 0.6 is 0 Å². The van der Waals surface area contributed by atoms with Crippen molar-refractivity contribution >= 4 is 27.5 Å². The van der Waals surface area contributed by atoms with Gasteiger partial charge in [-0.1, -0.05) is 146 Å². The fourth-order valence-electron chi connectivity index (χ4n) is 7.15. The van der Waals surface area contributed by atoms with Gasteiger partial charge in [0.15, 0.2) is 17.5 Å². The van der Waals surface area contributed by atoms with E-state index in [4.69, 9.17) is 19.9 Å². The van der Waals surface area contributed by atoms with E-state index in [-0.39, 0.29) is 0 Å². The van der Waals surface area contributed by atoms with Gasteiger partial charge in [-0.15, -0.1) is 0 Å². The van der Waals surface area contributed by atoms with Crippen LogP contribution in [0.2, 0.25) is 0 Å². The van der Waals surface area contributed by atoms with Gasteiger partial charge in [0, 0.05) is 33.0 Å². The minimum atomic E-state index is 0.641. The van der Waals surface area contributed by atoms with Gasteiger partial charge in [-0.3, -0.25) is 4.40 Å². The molecular formula is C46H29N5. The number of nitrogens with zero attached hydrogens (tertiary/aromatic N) is 5. The third-order valence-electron chi connectivity index (χ3n) is 9.59. The molecule has 0 atom stereocenters. The molecule has 0 amide bonds. The maximum atomic E-state index is 5.04. The van der Waals surface area contributed by atoms with Crippen molar-refractivity contribution in [2.75, 3.05) is 0 Å². The molecule has 0 saturated heterocycles. The molecule has 0 unspecified atom stereocenters. The van der Waals surface area contributed by atoms with Gasteiger partial charge in [0.05, 0.1) is 16.7 Å². The van der Waals surface area contributed by atoms with Crippen molar-refractivity contribution < 1.29 is 0 Å². The monoisotopic (exact) mass is 651 g/mol. The van der Waals surface area contributed by atoms with E-state index in [1.165, 1.54) is 21.9 Å². The molecule has 0 saturated carbocycles. The van der Waals surface area contributed by atoms with E-state index in [9.17, 15) is 0 Å². The summed E-state index contributed by atoms with van der Waals surface area (Å²) in [6, 6.07) is 61.0. The first-order valence-corrected chi connectivity index (χ1v) is 17.1. The molecule has 4 heterocycles. The summed E-state index contributed by atoms with van der Waals surface area (Å²) < 4.78 is 2.30. The number of fused-ring (bicyclic) bond motifs is 3. The molecule has 4 aromatic heterocycles. The number of benzene rings is 6. The molecule has 51 heavy (non-hydrogen) atoms. The lowest BCUT2D eigenvalue weighted by Gasteiger charge is -2.10. The van der Waals surface area contributed by atoms with Gasteiger partial charge in [-0.25, -0.2) is 19.9 Å². The number of hydrogen-bond donors (Lipinski definition) is 0. The Morgan fingerprint density at radius 3 is 1.39 bits per heavy atom. The minimum absolute atomic E-state index is 0.641. The molecule has 6 aromatic carbocycles. The Morgan fingerprint density at radius 1 is 0.314 bits per heavy atom. The van der Waals surface area contributed by atoms with Crippen molar-refractivity contribution in [1.82, 2.24) is 24.3 Å². The molecule has 5 nitrogen and oxygen atoms in total.